The number of rotatable bonds is 3. The van der Waals surface area contributed by atoms with Crippen LogP contribution in [0.5, 0.6) is 0 Å². The van der Waals surface area contributed by atoms with E-state index in [-0.39, 0.29) is 0 Å². The Kier molecular flexibility index (Phi) is 4.05. The van der Waals surface area contributed by atoms with Crippen molar-refractivity contribution in [3.05, 3.63) is 28.5 Å². The number of aromatic nitrogens is 1. The summed E-state index contributed by atoms with van der Waals surface area (Å²) in [4.78, 5) is 6.85. The quantitative estimate of drug-likeness (QED) is 0.760. The van der Waals surface area contributed by atoms with E-state index in [0.29, 0.717) is 11.2 Å². The minimum atomic E-state index is 0.542. The molecule has 94 valence electrons. The first-order valence-corrected chi connectivity index (χ1v) is 6.82. The highest BCUT2D eigenvalue weighted by Crippen LogP contribution is 2.33. The second-order valence-corrected chi connectivity index (χ2v) is 5.78. The minimum absolute atomic E-state index is 0.542. The minimum Gasteiger partial charge on any atom is -0.296 e. The highest BCUT2D eigenvalue weighted by Gasteiger charge is 2.26. The highest BCUT2D eigenvalue weighted by molar-refractivity contribution is 6.30. The maximum Gasteiger partial charge on any atom is 0.131 e. The number of hydrogen-bond acceptors (Lipinski definition) is 2. The van der Waals surface area contributed by atoms with Gasteiger partial charge in [-0.2, -0.15) is 0 Å². The Hall–Kier alpha value is -0.600. The number of hydrogen-bond donors (Lipinski definition) is 0. The van der Waals surface area contributed by atoms with Crippen LogP contribution in [0.25, 0.3) is 0 Å². The smallest absolute Gasteiger partial charge is 0.131 e. The third-order valence-corrected chi connectivity index (χ3v) is 3.78. The first kappa shape index (κ1) is 12.8. The van der Waals surface area contributed by atoms with Crippen molar-refractivity contribution in [2.75, 3.05) is 13.1 Å². The molecule has 17 heavy (non-hydrogen) atoms. The molecule has 0 amide bonds. The number of aryl methyl sites for hydroxylation is 1. The zero-order valence-corrected chi connectivity index (χ0v) is 11.7. The molecule has 1 aromatic heterocycles. The van der Waals surface area contributed by atoms with Crippen molar-refractivity contribution in [2.45, 2.75) is 39.7 Å². The fraction of sp³-hybridized carbons (Fsp3) is 0.643. The molecule has 2 nitrogen and oxygen atoms in total. The van der Waals surface area contributed by atoms with Gasteiger partial charge in [0.1, 0.15) is 5.15 Å². The molecule has 0 aromatic carbocycles. The molecule has 0 bridgehead atoms. The highest BCUT2D eigenvalue weighted by atomic mass is 35.5. The summed E-state index contributed by atoms with van der Waals surface area (Å²) in [5, 5.41) is 0.627. The predicted octanol–water partition coefficient (Wildman–Crippen LogP) is 3.84. The molecular weight excluding hydrogens is 232 g/mol. The molecule has 0 spiro atoms. The molecular formula is C14H21ClN2. The molecule has 0 saturated carbocycles. The molecule has 0 radical (unpaired) electrons. The summed E-state index contributed by atoms with van der Waals surface area (Å²) in [5.74, 6) is 0.719. The van der Waals surface area contributed by atoms with Gasteiger partial charge in [-0.25, -0.2) is 4.98 Å². The lowest BCUT2D eigenvalue weighted by Crippen LogP contribution is -2.27. The standard InChI is InChI=1S/C14H21ClN2/c1-10(2)9-17-6-4-5-13(17)12-7-11(3)14(15)16-8-12/h7-8,10,13H,4-6,9H2,1-3H3/t13-/m1/s1. The zero-order valence-electron chi connectivity index (χ0n) is 10.9. The molecule has 0 N–H and O–H groups in total. The van der Waals surface area contributed by atoms with E-state index < -0.39 is 0 Å². The average molecular weight is 253 g/mol. The van der Waals surface area contributed by atoms with Crippen LogP contribution in [0.15, 0.2) is 12.3 Å². The van der Waals surface area contributed by atoms with Gasteiger partial charge in [-0.3, -0.25) is 4.90 Å². The fourth-order valence-electron chi connectivity index (χ4n) is 2.65. The van der Waals surface area contributed by atoms with Gasteiger partial charge in [-0.05, 0) is 49.4 Å². The Morgan fingerprint density at radius 1 is 1.53 bits per heavy atom. The second kappa shape index (κ2) is 5.36. The third kappa shape index (κ3) is 2.99. The van der Waals surface area contributed by atoms with Crippen molar-refractivity contribution < 1.29 is 0 Å². The fourth-order valence-corrected chi connectivity index (χ4v) is 2.76. The summed E-state index contributed by atoms with van der Waals surface area (Å²) in [5.41, 5.74) is 2.41. The van der Waals surface area contributed by atoms with E-state index in [9.17, 15) is 0 Å². The summed E-state index contributed by atoms with van der Waals surface area (Å²) in [6.45, 7) is 8.97. The molecule has 1 aromatic rings. The Morgan fingerprint density at radius 3 is 2.94 bits per heavy atom. The lowest BCUT2D eigenvalue weighted by atomic mass is 10.0. The Labute approximate surface area is 109 Å². The maximum atomic E-state index is 5.98. The average Bonchev–Trinajstić information content (AvgIpc) is 2.69. The first-order chi connectivity index (χ1) is 8.08. The summed E-state index contributed by atoms with van der Waals surface area (Å²) in [6, 6.07) is 2.74. The van der Waals surface area contributed by atoms with Gasteiger partial charge in [0.15, 0.2) is 0 Å². The Balaban J connectivity index is 2.17. The van der Waals surface area contributed by atoms with Crippen LogP contribution in [0.4, 0.5) is 0 Å². The molecule has 1 aliphatic heterocycles. The SMILES string of the molecule is Cc1cc([C@H]2CCCN2CC(C)C)cnc1Cl. The molecule has 1 fully saturated rings. The van der Waals surface area contributed by atoms with E-state index in [0.717, 1.165) is 11.5 Å². The normalized spacial score (nSPS) is 21.4. The molecule has 0 aliphatic carbocycles. The number of nitrogens with zero attached hydrogens (tertiary/aromatic N) is 2. The summed E-state index contributed by atoms with van der Waals surface area (Å²) in [6.07, 6.45) is 4.48. The van der Waals surface area contributed by atoms with Gasteiger partial charge in [-0.1, -0.05) is 25.4 Å². The van der Waals surface area contributed by atoms with Crippen molar-refractivity contribution in [1.29, 1.82) is 0 Å². The predicted molar refractivity (Wildman–Crippen MR) is 72.4 cm³/mol. The third-order valence-electron chi connectivity index (χ3n) is 3.38. The molecule has 3 heteroatoms. The number of halogens is 1. The van der Waals surface area contributed by atoms with Crippen molar-refractivity contribution in [3.63, 3.8) is 0 Å². The van der Waals surface area contributed by atoms with E-state index in [1.165, 1.54) is 31.5 Å². The lowest BCUT2D eigenvalue weighted by molar-refractivity contribution is 0.228. The van der Waals surface area contributed by atoms with Crippen molar-refractivity contribution >= 4 is 11.6 Å². The zero-order chi connectivity index (χ0) is 12.4. The summed E-state index contributed by atoms with van der Waals surface area (Å²) in [7, 11) is 0. The van der Waals surface area contributed by atoms with Gasteiger partial charge in [0.05, 0.1) is 0 Å². The molecule has 0 unspecified atom stereocenters. The van der Waals surface area contributed by atoms with Gasteiger partial charge in [-0.15, -0.1) is 0 Å². The van der Waals surface area contributed by atoms with Gasteiger partial charge >= 0.3 is 0 Å². The largest absolute Gasteiger partial charge is 0.296 e. The van der Waals surface area contributed by atoms with Crippen LogP contribution < -0.4 is 0 Å². The molecule has 1 atom stereocenters. The topological polar surface area (TPSA) is 16.1 Å². The summed E-state index contributed by atoms with van der Waals surface area (Å²) >= 11 is 5.98. The molecule has 1 saturated heterocycles. The van der Waals surface area contributed by atoms with E-state index >= 15 is 0 Å². The molecule has 2 heterocycles. The lowest BCUT2D eigenvalue weighted by Gasteiger charge is -2.26. The van der Waals surface area contributed by atoms with Crippen LogP contribution in [-0.4, -0.2) is 23.0 Å². The van der Waals surface area contributed by atoms with Gasteiger partial charge in [0.25, 0.3) is 0 Å². The van der Waals surface area contributed by atoms with Crippen LogP contribution in [-0.2, 0) is 0 Å². The van der Waals surface area contributed by atoms with Gasteiger partial charge in [0.2, 0.25) is 0 Å². The van der Waals surface area contributed by atoms with Gasteiger partial charge in [0, 0.05) is 18.8 Å². The molecule has 2 rings (SSSR count). The Bertz CT molecular complexity index is 390. The van der Waals surface area contributed by atoms with Crippen LogP contribution in [0.2, 0.25) is 5.15 Å². The van der Waals surface area contributed by atoms with Gasteiger partial charge < -0.3 is 0 Å². The van der Waals surface area contributed by atoms with Crippen molar-refractivity contribution in [2.24, 2.45) is 5.92 Å². The van der Waals surface area contributed by atoms with E-state index in [2.05, 4.69) is 29.8 Å². The van der Waals surface area contributed by atoms with E-state index in [4.69, 9.17) is 11.6 Å². The van der Waals surface area contributed by atoms with E-state index in [1.807, 2.05) is 13.1 Å². The van der Waals surface area contributed by atoms with Crippen molar-refractivity contribution in [3.8, 4) is 0 Å². The van der Waals surface area contributed by atoms with E-state index in [1.54, 1.807) is 0 Å². The van der Waals surface area contributed by atoms with Crippen molar-refractivity contribution in [1.82, 2.24) is 9.88 Å². The second-order valence-electron chi connectivity index (χ2n) is 5.42. The number of pyridine rings is 1. The van der Waals surface area contributed by atoms with Crippen LogP contribution in [0, 0.1) is 12.8 Å². The van der Waals surface area contributed by atoms with Crippen LogP contribution in [0.1, 0.15) is 43.9 Å². The van der Waals surface area contributed by atoms with Crippen LogP contribution in [0.3, 0.4) is 0 Å². The Morgan fingerprint density at radius 2 is 2.29 bits per heavy atom. The number of likely N-dealkylation sites (tertiary alicyclic amines) is 1. The monoisotopic (exact) mass is 252 g/mol. The first-order valence-electron chi connectivity index (χ1n) is 6.44. The maximum absolute atomic E-state index is 5.98. The summed E-state index contributed by atoms with van der Waals surface area (Å²) < 4.78 is 0. The van der Waals surface area contributed by atoms with Crippen LogP contribution >= 0.6 is 11.6 Å². The molecule has 1 aliphatic rings.